The highest BCUT2D eigenvalue weighted by Crippen LogP contribution is 2.31. The number of hydrogen-bond donors (Lipinski definition) is 4. The van der Waals surface area contributed by atoms with Crippen LogP contribution in [0.1, 0.15) is 90.7 Å². The van der Waals surface area contributed by atoms with Gasteiger partial charge >= 0.3 is 0 Å². The molecule has 0 radical (unpaired) electrons. The molecule has 13 heteroatoms. The minimum atomic E-state index is -0.407. The molecule has 1 unspecified atom stereocenters. The Kier molecular flexibility index (Phi) is 14.3. The molecule has 4 N–H and O–H groups in total. The maximum atomic E-state index is 15.1. The predicted octanol–water partition coefficient (Wildman–Crippen LogP) is 6.49. The van der Waals surface area contributed by atoms with Gasteiger partial charge in [-0.25, -0.2) is 14.1 Å². The van der Waals surface area contributed by atoms with Gasteiger partial charge in [0.15, 0.2) is 5.65 Å². The fourth-order valence-electron chi connectivity index (χ4n) is 7.49. The van der Waals surface area contributed by atoms with Gasteiger partial charge in [-0.2, -0.15) is 5.10 Å². The summed E-state index contributed by atoms with van der Waals surface area (Å²) in [6, 6.07) is 16.6. The number of amides is 2. The number of aryl methyl sites for hydroxylation is 2. The number of fused-ring (bicyclic) bond motifs is 1. The number of piperazine rings is 1. The summed E-state index contributed by atoms with van der Waals surface area (Å²) in [4.78, 5) is 38.5. The average molecular weight is 778 g/mol. The van der Waals surface area contributed by atoms with E-state index in [2.05, 4.69) is 49.2 Å². The van der Waals surface area contributed by atoms with Crippen LogP contribution in [-0.2, 0) is 37.3 Å². The second-order valence-electron chi connectivity index (χ2n) is 14.4. The lowest BCUT2D eigenvalue weighted by Gasteiger charge is -2.31. The first-order valence-electron chi connectivity index (χ1n) is 20.4. The van der Waals surface area contributed by atoms with E-state index in [0.717, 1.165) is 83.7 Å². The van der Waals surface area contributed by atoms with Crippen LogP contribution >= 0.6 is 0 Å². The van der Waals surface area contributed by atoms with Crippen LogP contribution in [-0.4, -0.2) is 81.4 Å². The Hall–Kier alpha value is -5.24. The third-order valence-corrected chi connectivity index (χ3v) is 10.4. The highest BCUT2D eigenvalue weighted by molar-refractivity contribution is 5.98. The summed E-state index contributed by atoms with van der Waals surface area (Å²) in [5.41, 5.74) is 7.09. The van der Waals surface area contributed by atoms with Crippen molar-refractivity contribution in [2.75, 3.05) is 38.2 Å². The van der Waals surface area contributed by atoms with Gasteiger partial charge in [0.1, 0.15) is 11.5 Å². The number of benzene rings is 2. The van der Waals surface area contributed by atoms with Crippen LogP contribution in [0.3, 0.4) is 0 Å². The molecule has 0 aliphatic carbocycles. The summed E-state index contributed by atoms with van der Waals surface area (Å²) in [6.07, 6.45) is 5.72. The number of halogens is 1. The second-order valence-corrected chi connectivity index (χ2v) is 14.4. The van der Waals surface area contributed by atoms with Crippen molar-refractivity contribution in [3.05, 3.63) is 106 Å². The minimum Gasteiger partial charge on any atom is -0.381 e. The highest BCUT2D eigenvalue weighted by Gasteiger charge is 2.23. The third-order valence-electron chi connectivity index (χ3n) is 10.4. The summed E-state index contributed by atoms with van der Waals surface area (Å²) in [5, 5.41) is 18.6. The Bertz CT molecular complexity index is 2150. The average Bonchev–Trinajstić information content (AvgIpc) is 3.66. The smallest absolute Gasteiger partial charge is 0.270 e. The van der Waals surface area contributed by atoms with Gasteiger partial charge in [-0.1, -0.05) is 45.0 Å². The topological polar surface area (TPSA) is 138 Å². The molecule has 2 saturated heterocycles. The molecule has 1 atom stereocenters. The number of aromatic nitrogens is 4. The fourth-order valence-corrected chi connectivity index (χ4v) is 7.49. The fraction of sp³-hybridized carbons (Fsp3) is 0.432. The number of nitrogens with one attached hydrogen (secondary N) is 4. The molecule has 57 heavy (non-hydrogen) atoms. The number of carbonyl (C=O) groups is 2. The molecule has 3 aromatic heterocycles. The van der Waals surface area contributed by atoms with E-state index in [0.29, 0.717) is 43.3 Å². The molecule has 2 aliphatic heterocycles. The Morgan fingerprint density at radius 2 is 1.79 bits per heavy atom. The van der Waals surface area contributed by atoms with Crippen molar-refractivity contribution in [2.45, 2.75) is 92.1 Å². The molecule has 2 aromatic carbocycles. The Labute approximate surface area is 335 Å². The molecule has 0 saturated carbocycles. The largest absolute Gasteiger partial charge is 0.381 e. The van der Waals surface area contributed by atoms with E-state index in [-0.39, 0.29) is 36.5 Å². The number of pyridine rings is 2. The van der Waals surface area contributed by atoms with E-state index in [1.54, 1.807) is 18.2 Å². The first kappa shape index (κ1) is 41.4. The first-order chi connectivity index (χ1) is 27.8. The molecular weight excluding hydrogens is 722 g/mol. The minimum absolute atomic E-state index is 0.122. The summed E-state index contributed by atoms with van der Waals surface area (Å²) in [7, 11) is 0. The van der Waals surface area contributed by atoms with Crippen molar-refractivity contribution in [2.24, 2.45) is 0 Å². The van der Waals surface area contributed by atoms with Gasteiger partial charge in [-0.05, 0) is 80.1 Å². The molecule has 302 valence electrons. The van der Waals surface area contributed by atoms with Gasteiger partial charge in [0.05, 0.1) is 17.3 Å². The third kappa shape index (κ3) is 10.2. The van der Waals surface area contributed by atoms with Gasteiger partial charge in [0, 0.05) is 99.7 Å². The molecule has 0 spiro atoms. The van der Waals surface area contributed by atoms with E-state index in [1.165, 1.54) is 18.3 Å². The van der Waals surface area contributed by atoms with E-state index in [1.807, 2.05) is 56.8 Å². The van der Waals surface area contributed by atoms with E-state index >= 15 is 4.39 Å². The maximum absolute atomic E-state index is 15.1. The molecule has 2 aliphatic rings. The van der Waals surface area contributed by atoms with Crippen LogP contribution in [0.25, 0.3) is 22.2 Å². The van der Waals surface area contributed by atoms with Crippen LogP contribution < -0.4 is 21.3 Å². The number of carbonyl (C=O) groups excluding carboxylic acids is 2. The second kappa shape index (κ2) is 19.8. The van der Waals surface area contributed by atoms with Crippen molar-refractivity contribution < 1.29 is 18.7 Å². The van der Waals surface area contributed by atoms with E-state index in [4.69, 9.17) is 9.72 Å². The van der Waals surface area contributed by atoms with Crippen molar-refractivity contribution in [1.82, 2.24) is 40.6 Å². The lowest BCUT2D eigenvalue weighted by atomic mass is 10.00. The summed E-state index contributed by atoms with van der Waals surface area (Å²) >= 11 is 0. The molecular formula is C44H56FN9O3. The number of rotatable bonds is 13. The molecule has 5 aromatic rings. The number of nitrogens with zero attached hydrogens (tertiary/aromatic N) is 5. The van der Waals surface area contributed by atoms with Crippen LogP contribution in [0.4, 0.5) is 10.1 Å². The van der Waals surface area contributed by atoms with Crippen molar-refractivity contribution in [1.29, 1.82) is 0 Å². The van der Waals surface area contributed by atoms with E-state index < -0.39 is 5.91 Å². The zero-order valence-electron chi connectivity index (χ0n) is 33.8. The number of hydrogen-bond acceptors (Lipinski definition) is 9. The van der Waals surface area contributed by atoms with E-state index in [9.17, 15) is 9.59 Å². The maximum Gasteiger partial charge on any atom is 0.270 e. The molecule has 0 bridgehead atoms. The Balaban J connectivity index is 0.00000270. The summed E-state index contributed by atoms with van der Waals surface area (Å²) in [6.45, 7) is 16.4. The number of ether oxygens (including phenoxy) is 1. The lowest BCUT2D eigenvalue weighted by molar-refractivity contribution is 0.0904. The molecule has 5 heterocycles. The van der Waals surface area contributed by atoms with Crippen LogP contribution in [0.2, 0.25) is 0 Å². The highest BCUT2D eigenvalue weighted by atomic mass is 19.1. The van der Waals surface area contributed by atoms with Crippen LogP contribution in [0.15, 0.2) is 67.0 Å². The standard InChI is InChI=1S/C42H50FN9O3.C2H6/c1-4-37-34(39(49-32-12-17-55-18-13-32)35-24-48-52(5-2)40(35)50-37)23-47-42(54)38-21-31(11-14-45-38)41(53)46-22-28-9-10-36(43)33(20-28)30-8-6-7-29(19-30)26-51-16-15-44-27(3)25-51;1-2/h6-11,14,19-21,24,27,32,44H,4-5,12-13,15-18,22-23,25-26H2,1-3H3,(H,46,53)(H,47,54)(H,49,50);1-2H3. The van der Waals surface area contributed by atoms with Crippen molar-refractivity contribution in [3.8, 4) is 11.1 Å². The lowest BCUT2D eigenvalue weighted by Crippen LogP contribution is -2.48. The van der Waals surface area contributed by atoms with Crippen LogP contribution in [0.5, 0.6) is 0 Å². The van der Waals surface area contributed by atoms with Gasteiger partial charge in [-0.15, -0.1) is 0 Å². The SMILES string of the molecule is CC.CCc1nc2c(cnn2CC)c(NC2CCOCC2)c1CNC(=O)c1cc(C(=O)NCc2ccc(F)c(-c3cccc(CN4CCNC(C)C4)c3)c2)ccn1. The Morgan fingerprint density at radius 1 is 0.982 bits per heavy atom. The Morgan fingerprint density at radius 3 is 2.56 bits per heavy atom. The monoisotopic (exact) mass is 777 g/mol. The quantitative estimate of drug-likeness (QED) is 0.106. The molecule has 12 nitrogen and oxygen atoms in total. The summed E-state index contributed by atoms with van der Waals surface area (Å²) in [5.74, 6) is -1.10. The van der Waals surface area contributed by atoms with Crippen LogP contribution in [0, 0.1) is 5.82 Å². The first-order valence-corrected chi connectivity index (χ1v) is 20.4. The van der Waals surface area contributed by atoms with Crippen molar-refractivity contribution in [3.63, 3.8) is 0 Å². The van der Waals surface area contributed by atoms with Gasteiger partial charge < -0.3 is 26.0 Å². The van der Waals surface area contributed by atoms with Gasteiger partial charge in [0.25, 0.3) is 11.8 Å². The van der Waals surface area contributed by atoms with Gasteiger partial charge in [0.2, 0.25) is 0 Å². The normalized spacial score (nSPS) is 16.1. The predicted molar refractivity (Wildman–Crippen MR) is 223 cm³/mol. The zero-order chi connectivity index (χ0) is 40.3. The molecule has 2 amide bonds. The van der Waals surface area contributed by atoms with Crippen molar-refractivity contribution >= 4 is 28.5 Å². The molecule has 7 rings (SSSR count). The zero-order valence-corrected chi connectivity index (χ0v) is 33.8. The molecule has 2 fully saturated rings. The summed E-state index contributed by atoms with van der Waals surface area (Å²) < 4.78 is 22.6. The van der Waals surface area contributed by atoms with Gasteiger partial charge in [-0.3, -0.25) is 19.5 Å². The number of anilines is 1.